The molecule has 1 aromatic heterocycles. The Morgan fingerprint density at radius 2 is 2.32 bits per heavy atom. The lowest BCUT2D eigenvalue weighted by Gasteiger charge is -2.30. The smallest absolute Gasteiger partial charge is 0.191 e. The van der Waals surface area contributed by atoms with Crippen molar-refractivity contribution in [2.24, 2.45) is 4.99 Å². The zero-order chi connectivity index (χ0) is 15.8. The number of hydrogen-bond acceptors (Lipinski definition) is 3. The van der Waals surface area contributed by atoms with Crippen LogP contribution in [-0.2, 0) is 6.54 Å². The molecule has 0 aromatic carbocycles. The van der Waals surface area contributed by atoms with Gasteiger partial charge in [-0.25, -0.2) is 0 Å². The second kappa shape index (κ2) is 9.03. The molecule has 2 N–H and O–H groups in total. The molecule has 1 heterocycles. The largest absolute Gasteiger partial charge is 0.354 e. The third kappa shape index (κ3) is 5.20. The summed E-state index contributed by atoms with van der Waals surface area (Å²) in [7, 11) is 1.84. The molecule has 1 aliphatic rings. The van der Waals surface area contributed by atoms with Gasteiger partial charge >= 0.3 is 0 Å². The summed E-state index contributed by atoms with van der Waals surface area (Å²) in [6.07, 6.45) is 6.99. The predicted molar refractivity (Wildman–Crippen MR) is 96.5 cm³/mol. The lowest BCUT2D eigenvalue weighted by Crippen LogP contribution is -2.45. The molecule has 0 aliphatic heterocycles. The molecule has 5 heteroatoms. The number of nitrogens with zero attached hydrogens (tertiary/aromatic N) is 2. The van der Waals surface area contributed by atoms with Crippen LogP contribution in [0.4, 0.5) is 0 Å². The van der Waals surface area contributed by atoms with E-state index in [-0.39, 0.29) is 0 Å². The zero-order valence-electron chi connectivity index (χ0n) is 13.9. The molecule has 4 nitrogen and oxygen atoms in total. The van der Waals surface area contributed by atoms with Crippen molar-refractivity contribution in [2.75, 3.05) is 12.8 Å². The number of aromatic nitrogens is 1. The predicted octanol–water partition coefficient (Wildman–Crippen LogP) is 3.12. The fourth-order valence-corrected chi connectivity index (χ4v) is 4.10. The molecule has 0 spiro atoms. The third-order valence-electron chi connectivity index (χ3n) is 4.13. The fourth-order valence-electron chi connectivity index (χ4n) is 2.92. The minimum absolute atomic E-state index is 0.536. The van der Waals surface area contributed by atoms with Crippen molar-refractivity contribution >= 4 is 17.7 Å². The molecule has 1 aliphatic carbocycles. The molecule has 22 heavy (non-hydrogen) atoms. The van der Waals surface area contributed by atoms with Gasteiger partial charge in [-0.1, -0.05) is 19.4 Å². The highest BCUT2D eigenvalue weighted by atomic mass is 32.2. The maximum Gasteiger partial charge on any atom is 0.191 e. The summed E-state index contributed by atoms with van der Waals surface area (Å²) >= 11 is 2.09. The Morgan fingerprint density at radius 1 is 1.45 bits per heavy atom. The lowest BCUT2D eigenvalue weighted by atomic mass is 9.95. The van der Waals surface area contributed by atoms with Gasteiger partial charge in [0.25, 0.3) is 0 Å². The van der Waals surface area contributed by atoms with Gasteiger partial charge in [-0.2, -0.15) is 11.8 Å². The second-order valence-corrected chi connectivity index (χ2v) is 7.36. The van der Waals surface area contributed by atoms with E-state index in [0.29, 0.717) is 12.6 Å². The molecule has 0 amide bonds. The van der Waals surface area contributed by atoms with Gasteiger partial charge in [-0.3, -0.25) is 9.98 Å². The van der Waals surface area contributed by atoms with Crippen LogP contribution in [0.25, 0.3) is 0 Å². The van der Waals surface area contributed by atoms with Gasteiger partial charge in [0, 0.05) is 24.5 Å². The maximum atomic E-state index is 4.42. The summed E-state index contributed by atoms with van der Waals surface area (Å²) in [5.41, 5.74) is 2.29. The highest BCUT2D eigenvalue weighted by molar-refractivity contribution is 7.99. The third-order valence-corrected chi connectivity index (χ3v) is 5.37. The van der Waals surface area contributed by atoms with E-state index in [9.17, 15) is 0 Å². The Morgan fingerprint density at radius 3 is 3.05 bits per heavy atom. The van der Waals surface area contributed by atoms with E-state index in [1.165, 1.54) is 37.0 Å². The Bertz CT molecular complexity index is 487. The maximum absolute atomic E-state index is 4.42. The summed E-state index contributed by atoms with van der Waals surface area (Å²) in [5, 5.41) is 7.77. The molecule has 2 atom stereocenters. The van der Waals surface area contributed by atoms with Gasteiger partial charge in [-0.05, 0) is 43.6 Å². The molecule has 122 valence electrons. The van der Waals surface area contributed by atoms with Crippen LogP contribution in [0, 0.1) is 6.92 Å². The van der Waals surface area contributed by atoms with E-state index >= 15 is 0 Å². The summed E-state index contributed by atoms with van der Waals surface area (Å²) in [4.78, 5) is 8.78. The summed E-state index contributed by atoms with van der Waals surface area (Å²) in [6, 6.07) is 4.60. The van der Waals surface area contributed by atoms with Crippen LogP contribution in [0.2, 0.25) is 0 Å². The first-order valence-corrected chi connectivity index (χ1v) is 9.27. The van der Waals surface area contributed by atoms with Crippen molar-refractivity contribution < 1.29 is 0 Å². The Hall–Kier alpha value is -1.23. The average Bonchev–Trinajstić information content (AvgIpc) is 2.53. The zero-order valence-corrected chi connectivity index (χ0v) is 14.7. The minimum Gasteiger partial charge on any atom is -0.354 e. The normalized spacial score (nSPS) is 22.4. The van der Waals surface area contributed by atoms with Crippen LogP contribution in [0.3, 0.4) is 0 Å². The fraction of sp³-hybridized carbons (Fsp3) is 0.647. The first-order valence-electron chi connectivity index (χ1n) is 8.22. The Balaban J connectivity index is 1.83. The Labute approximate surface area is 138 Å². The van der Waals surface area contributed by atoms with Crippen LogP contribution in [0.15, 0.2) is 23.3 Å². The number of pyridine rings is 1. The van der Waals surface area contributed by atoms with Crippen LogP contribution < -0.4 is 10.6 Å². The number of rotatable bonds is 5. The van der Waals surface area contributed by atoms with Gasteiger partial charge in [0.1, 0.15) is 0 Å². The topological polar surface area (TPSA) is 49.3 Å². The molecule has 2 unspecified atom stereocenters. The van der Waals surface area contributed by atoms with Crippen molar-refractivity contribution in [3.8, 4) is 0 Å². The molecule has 0 saturated heterocycles. The molecular formula is C17H28N4S. The molecule has 0 bridgehead atoms. The van der Waals surface area contributed by atoms with E-state index in [4.69, 9.17) is 0 Å². The molecule has 1 aromatic rings. The summed E-state index contributed by atoms with van der Waals surface area (Å²) in [5.74, 6) is 2.10. The first kappa shape index (κ1) is 17.1. The van der Waals surface area contributed by atoms with E-state index in [1.807, 2.05) is 19.3 Å². The number of aryl methyl sites for hydroxylation is 1. The number of thioether (sulfide) groups is 1. The van der Waals surface area contributed by atoms with Gasteiger partial charge in [-0.15, -0.1) is 0 Å². The van der Waals surface area contributed by atoms with Crippen molar-refractivity contribution in [3.63, 3.8) is 0 Å². The standard InChI is InChI=1S/C17H28N4S/c1-4-22-15-9-5-8-14(11-15)21-17(18-3)20-12-16-13(2)7-6-10-19-16/h6-7,10,14-15H,4-5,8-9,11-12H2,1-3H3,(H2,18,20,21). The van der Waals surface area contributed by atoms with Crippen LogP contribution >= 0.6 is 11.8 Å². The number of aliphatic imine (C=N–C) groups is 1. The average molecular weight is 321 g/mol. The number of guanidine groups is 1. The van der Waals surface area contributed by atoms with E-state index in [1.54, 1.807) is 0 Å². The summed E-state index contributed by atoms with van der Waals surface area (Å²) in [6.45, 7) is 5.05. The van der Waals surface area contributed by atoms with Gasteiger partial charge in [0.15, 0.2) is 5.96 Å². The minimum atomic E-state index is 0.536. The highest BCUT2D eigenvalue weighted by Crippen LogP contribution is 2.28. The SMILES string of the molecule is CCSC1CCCC(NC(=NC)NCc2ncccc2C)C1. The van der Waals surface area contributed by atoms with Gasteiger partial charge in [0.05, 0.1) is 12.2 Å². The van der Waals surface area contributed by atoms with Gasteiger partial charge in [0.2, 0.25) is 0 Å². The van der Waals surface area contributed by atoms with Crippen molar-refractivity contribution in [2.45, 2.75) is 57.4 Å². The van der Waals surface area contributed by atoms with E-state index in [2.05, 4.69) is 52.3 Å². The van der Waals surface area contributed by atoms with Gasteiger partial charge < -0.3 is 10.6 Å². The molecule has 2 rings (SSSR count). The van der Waals surface area contributed by atoms with Crippen molar-refractivity contribution in [3.05, 3.63) is 29.6 Å². The molecule has 1 saturated carbocycles. The molecule has 0 radical (unpaired) electrons. The van der Waals surface area contributed by atoms with E-state index in [0.717, 1.165) is 16.9 Å². The molecular weight excluding hydrogens is 292 g/mol. The molecule has 1 fully saturated rings. The first-order chi connectivity index (χ1) is 10.7. The number of hydrogen-bond donors (Lipinski definition) is 2. The second-order valence-electron chi connectivity index (χ2n) is 5.78. The van der Waals surface area contributed by atoms with Crippen LogP contribution in [0.5, 0.6) is 0 Å². The number of nitrogens with one attached hydrogen (secondary N) is 2. The van der Waals surface area contributed by atoms with E-state index < -0.39 is 0 Å². The van der Waals surface area contributed by atoms with Crippen molar-refractivity contribution in [1.82, 2.24) is 15.6 Å². The van der Waals surface area contributed by atoms with Crippen LogP contribution in [0.1, 0.15) is 43.9 Å². The highest BCUT2D eigenvalue weighted by Gasteiger charge is 2.22. The monoisotopic (exact) mass is 320 g/mol. The van der Waals surface area contributed by atoms with Crippen LogP contribution in [-0.4, -0.2) is 35.0 Å². The Kier molecular flexibility index (Phi) is 7.03. The quantitative estimate of drug-likeness (QED) is 0.646. The lowest BCUT2D eigenvalue weighted by molar-refractivity contribution is 0.418. The van der Waals surface area contributed by atoms with Crippen molar-refractivity contribution in [1.29, 1.82) is 0 Å². The summed E-state index contributed by atoms with van der Waals surface area (Å²) < 4.78 is 0.